The van der Waals surface area contributed by atoms with E-state index in [2.05, 4.69) is 291 Å². The zero-order valence-electron chi connectivity index (χ0n) is 47.9. The third-order valence-corrected chi connectivity index (χ3v) is 19.3. The van der Waals surface area contributed by atoms with Gasteiger partial charge in [-0.1, -0.05) is 212 Å². The second-order valence-electron chi connectivity index (χ2n) is 24.1. The molecule has 0 radical (unpaired) electrons. The molecule has 0 atom stereocenters. The van der Waals surface area contributed by atoms with E-state index in [-0.39, 0.29) is 0 Å². The van der Waals surface area contributed by atoms with E-state index in [0.717, 1.165) is 115 Å². The van der Waals surface area contributed by atoms with Crippen LogP contribution in [0.1, 0.15) is 0 Å². The average Bonchev–Trinajstić information content (AvgIpc) is 2.10. The first kappa shape index (κ1) is 48.5. The van der Waals surface area contributed by atoms with Gasteiger partial charge in [-0.25, -0.2) is 0 Å². The van der Waals surface area contributed by atoms with Crippen molar-refractivity contribution in [2.75, 3.05) is 0 Å². The van der Waals surface area contributed by atoms with E-state index in [0.29, 0.717) is 0 Å². The number of rotatable bonds is 5. The third-order valence-electron chi connectivity index (χ3n) is 19.3. The van der Waals surface area contributed by atoms with Gasteiger partial charge in [-0.05, 0) is 221 Å². The summed E-state index contributed by atoms with van der Waals surface area (Å²) in [6.07, 6.45) is 0. The summed E-state index contributed by atoms with van der Waals surface area (Å²) in [4.78, 5) is 0. The van der Waals surface area contributed by atoms with Gasteiger partial charge in [0.15, 0.2) is 0 Å². The van der Waals surface area contributed by atoms with Crippen LogP contribution in [-0.4, -0.2) is 0 Å². The van der Waals surface area contributed by atoms with Crippen LogP contribution < -0.4 is 0 Å². The van der Waals surface area contributed by atoms with Crippen molar-refractivity contribution in [2.24, 2.45) is 0 Å². The molecule has 89 heavy (non-hydrogen) atoms. The highest BCUT2D eigenvalue weighted by Gasteiger charge is 2.23. The van der Waals surface area contributed by atoms with Gasteiger partial charge in [0.2, 0.25) is 0 Å². The summed E-state index contributed by atoms with van der Waals surface area (Å²) in [5.74, 6) is 0. The van der Waals surface area contributed by atoms with E-state index in [1.807, 2.05) is 0 Å². The molecule has 0 N–H and O–H groups in total. The first-order chi connectivity index (χ1) is 44.1. The smallest absolute Gasteiger partial charge is 0.136 e. The van der Waals surface area contributed by atoms with Gasteiger partial charge in [-0.2, -0.15) is 0 Å². The maximum atomic E-state index is 6.86. The molecule has 20 aromatic rings. The van der Waals surface area contributed by atoms with Crippen molar-refractivity contribution < 1.29 is 13.3 Å². The molecule has 0 aliphatic carbocycles. The van der Waals surface area contributed by atoms with Crippen LogP contribution in [-0.2, 0) is 0 Å². The second kappa shape index (κ2) is 18.4. The first-order valence-electron chi connectivity index (χ1n) is 30.6. The molecule has 0 saturated heterocycles. The molecule has 410 valence electrons. The molecule has 0 amide bonds. The minimum atomic E-state index is 0.858. The molecule has 0 unspecified atom stereocenters. The Hall–Kier alpha value is -11.8. The summed E-state index contributed by atoms with van der Waals surface area (Å²) in [7, 11) is 0. The van der Waals surface area contributed by atoms with Crippen LogP contribution in [0, 0.1) is 0 Å². The molecular weight excluding hydrogens is 1080 g/mol. The Morgan fingerprint density at radius 2 is 0.427 bits per heavy atom. The minimum Gasteiger partial charge on any atom is -0.456 e. The van der Waals surface area contributed by atoms with Gasteiger partial charge in [0.1, 0.15) is 33.5 Å². The molecule has 0 bridgehead atoms. The van der Waals surface area contributed by atoms with Crippen molar-refractivity contribution in [2.45, 2.75) is 0 Å². The van der Waals surface area contributed by atoms with Crippen molar-refractivity contribution in [1.82, 2.24) is 0 Å². The lowest BCUT2D eigenvalue weighted by Gasteiger charge is -2.18. The van der Waals surface area contributed by atoms with Crippen LogP contribution >= 0.6 is 0 Å². The van der Waals surface area contributed by atoms with Crippen molar-refractivity contribution in [1.29, 1.82) is 0 Å². The summed E-state index contributed by atoms with van der Waals surface area (Å²) >= 11 is 0. The van der Waals surface area contributed by atoms with E-state index in [1.165, 1.54) is 92.5 Å². The predicted octanol–water partition coefficient (Wildman–Crippen LogP) is 24.9. The fourth-order valence-electron chi connectivity index (χ4n) is 15.3. The number of hydrogen-bond donors (Lipinski definition) is 0. The van der Waals surface area contributed by atoms with E-state index in [1.54, 1.807) is 0 Å². The minimum absolute atomic E-state index is 0.858. The molecule has 17 aromatic carbocycles. The molecule has 0 fully saturated rings. The highest BCUT2D eigenvalue weighted by molar-refractivity contribution is 6.26. The quantitative estimate of drug-likeness (QED) is 0.161. The fraction of sp³-hybridized carbons (Fsp3) is 0. The van der Waals surface area contributed by atoms with Crippen LogP contribution in [0.15, 0.2) is 304 Å². The molecule has 3 nitrogen and oxygen atoms in total. The third kappa shape index (κ3) is 7.16. The predicted molar refractivity (Wildman–Crippen MR) is 376 cm³/mol. The normalized spacial score (nSPS) is 12.3. The Morgan fingerprint density at radius 3 is 0.820 bits per heavy atom. The van der Waals surface area contributed by atoms with Gasteiger partial charge >= 0.3 is 0 Å². The highest BCUT2D eigenvalue weighted by atomic mass is 16.3. The molecule has 0 aliphatic rings. The van der Waals surface area contributed by atoms with Crippen LogP contribution in [0.3, 0.4) is 0 Å². The Bertz CT molecular complexity index is 6370. The summed E-state index contributed by atoms with van der Waals surface area (Å²) < 4.78 is 20.2. The molecule has 3 heterocycles. The van der Waals surface area contributed by atoms with Crippen LogP contribution in [0.2, 0.25) is 0 Å². The van der Waals surface area contributed by atoms with Gasteiger partial charge in [0.05, 0.1) is 0 Å². The Kier molecular flexibility index (Phi) is 10.0. The first-order valence-corrected chi connectivity index (χ1v) is 30.6. The van der Waals surface area contributed by atoms with E-state index in [9.17, 15) is 0 Å². The van der Waals surface area contributed by atoms with Gasteiger partial charge in [0, 0.05) is 32.3 Å². The van der Waals surface area contributed by atoms with Crippen molar-refractivity contribution in [3.8, 4) is 55.6 Å². The summed E-state index contributed by atoms with van der Waals surface area (Å²) in [5.41, 5.74) is 17.1. The zero-order valence-corrected chi connectivity index (χ0v) is 47.9. The molecular formula is C86H48O3. The van der Waals surface area contributed by atoms with Crippen molar-refractivity contribution in [3.63, 3.8) is 0 Å². The molecule has 0 aliphatic heterocycles. The van der Waals surface area contributed by atoms with Crippen LogP contribution in [0.4, 0.5) is 0 Å². The topological polar surface area (TPSA) is 39.4 Å². The van der Waals surface area contributed by atoms with Gasteiger partial charge < -0.3 is 13.3 Å². The Labute approximate surface area is 509 Å². The molecule has 20 rings (SSSR count). The molecule has 3 heteroatoms. The lowest BCUT2D eigenvalue weighted by atomic mass is 9.85. The lowest BCUT2D eigenvalue weighted by molar-refractivity contribution is 0.669. The van der Waals surface area contributed by atoms with Gasteiger partial charge in [-0.3, -0.25) is 0 Å². The monoisotopic (exact) mass is 1130 g/mol. The lowest BCUT2D eigenvalue weighted by Crippen LogP contribution is -1.91. The SMILES string of the molecule is c1ccc2cc(-c3c4ccccc4c(-c4ccc5oc6cc7c(-c8cccc9cc%10c(cc89)oc8ccc(-c9c%11ccccc%11c(-c%11ccc%12oc%13cc%14ccccc%14cc%13c%12c%11)c%11ccccc9%11)cc8%10)cccc7cc6c5c4)c4ccccc34)ccc2c1. The largest absolute Gasteiger partial charge is 0.456 e. The van der Waals surface area contributed by atoms with Gasteiger partial charge in [-0.15, -0.1) is 0 Å². The standard InChI is InChI=1S/C86H48O3/c1-2-16-50-39-55(32-31-49(50)15-1)83-61-21-5-7-23-63(61)84(64-24-8-6-22-62(64)83)57-34-37-78-72(44-57)75-41-53-19-13-29-59(69(53)47-81(75)88-78)60-30-14-20-54-42-76-73-45-58(35-38-79(73)89-82(76)48-70(54)60)86-67-27-11-9-25-65(67)85(66-26-10-12-28-68(66)86)56-33-36-77-71(43-56)74-40-51-17-3-4-18-52(51)46-80(74)87-77/h1-48H. The number of benzene rings is 17. The van der Waals surface area contributed by atoms with E-state index in [4.69, 9.17) is 13.3 Å². The Balaban J connectivity index is 0.696. The maximum absolute atomic E-state index is 6.86. The van der Waals surface area contributed by atoms with E-state index >= 15 is 0 Å². The van der Waals surface area contributed by atoms with Gasteiger partial charge in [0.25, 0.3) is 0 Å². The number of fused-ring (bicyclic) bond motifs is 17. The molecule has 0 spiro atoms. The zero-order chi connectivity index (χ0) is 58.0. The van der Waals surface area contributed by atoms with Crippen LogP contribution in [0.25, 0.3) is 208 Å². The van der Waals surface area contributed by atoms with Crippen LogP contribution in [0.5, 0.6) is 0 Å². The summed E-state index contributed by atoms with van der Waals surface area (Å²) in [5, 5.41) is 25.8. The highest BCUT2D eigenvalue weighted by Crippen LogP contribution is 2.49. The maximum Gasteiger partial charge on any atom is 0.136 e. The summed E-state index contributed by atoms with van der Waals surface area (Å²) in [6, 6.07) is 107. The summed E-state index contributed by atoms with van der Waals surface area (Å²) in [6.45, 7) is 0. The average molecular weight is 1130 g/mol. The number of furan rings is 3. The Morgan fingerprint density at radius 1 is 0.146 bits per heavy atom. The van der Waals surface area contributed by atoms with Crippen molar-refractivity contribution >= 4 is 152 Å². The second-order valence-corrected chi connectivity index (χ2v) is 24.1. The molecule has 3 aromatic heterocycles. The van der Waals surface area contributed by atoms with E-state index < -0.39 is 0 Å². The molecule has 0 saturated carbocycles. The van der Waals surface area contributed by atoms with Crippen molar-refractivity contribution in [3.05, 3.63) is 291 Å². The number of hydrogen-bond acceptors (Lipinski definition) is 3. The fourth-order valence-corrected chi connectivity index (χ4v) is 15.3.